The third kappa shape index (κ3) is 5.20. The lowest BCUT2D eigenvalue weighted by Crippen LogP contribution is -2.37. The van der Waals surface area contributed by atoms with Crippen molar-refractivity contribution in [3.63, 3.8) is 0 Å². The van der Waals surface area contributed by atoms with Crippen LogP contribution in [0.15, 0.2) is 48.5 Å². The predicted octanol–water partition coefficient (Wildman–Crippen LogP) is 1.74. The highest BCUT2D eigenvalue weighted by Crippen LogP contribution is 2.22. The van der Waals surface area contributed by atoms with Crippen molar-refractivity contribution in [2.45, 2.75) is 0 Å². The molecule has 2 aromatic rings. The molecule has 136 valence electrons. The SMILES string of the molecule is COc1ccc(OCCNC(=O)C(=O)Nc2ccccc2[N+](=O)[O-])cc1. The Morgan fingerprint density at radius 2 is 1.69 bits per heavy atom. The third-order valence-electron chi connectivity index (χ3n) is 3.27. The number of para-hydroxylation sites is 2. The number of nitro benzene ring substituents is 1. The van der Waals surface area contributed by atoms with Gasteiger partial charge in [0.2, 0.25) is 0 Å². The Kier molecular flexibility index (Phi) is 6.49. The molecule has 0 bridgehead atoms. The van der Waals surface area contributed by atoms with Crippen LogP contribution < -0.4 is 20.1 Å². The van der Waals surface area contributed by atoms with Crippen molar-refractivity contribution >= 4 is 23.2 Å². The van der Waals surface area contributed by atoms with Gasteiger partial charge in [0.1, 0.15) is 23.8 Å². The van der Waals surface area contributed by atoms with E-state index in [1.165, 1.54) is 24.3 Å². The van der Waals surface area contributed by atoms with Crippen LogP contribution in [0.1, 0.15) is 0 Å². The number of rotatable bonds is 7. The molecule has 9 nitrogen and oxygen atoms in total. The first-order valence-electron chi connectivity index (χ1n) is 7.60. The molecule has 0 atom stereocenters. The largest absolute Gasteiger partial charge is 0.497 e. The van der Waals surface area contributed by atoms with Crippen LogP contribution in [-0.2, 0) is 9.59 Å². The Balaban J connectivity index is 1.78. The maximum atomic E-state index is 11.8. The number of nitrogens with zero attached hydrogens (tertiary/aromatic N) is 1. The fourth-order valence-electron chi connectivity index (χ4n) is 2.00. The van der Waals surface area contributed by atoms with Gasteiger partial charge in [-0.1, -0.05) is 12.1 Å². The summed E-state index contributed by atoms with van der Waals surface area (Å²) in [5.41, 5.74) is -0.344. The molecular formula is C17H17N3O6. The van der Waals surface area contributed by atoms with Gasteiger partial charge >= 0.3 is 11.8 Å². The number of carbonyl (C=O) groups is 2. The Labute approximate surface area is 149 Å². The topological polar surface area (TPSA) is 120 Å². The zero-order valence-electron chi connectivity index (χ0n) is 13.9. The maximum Gasteiger partial charge on any atom is 0.313 e. The van der Waals surface area contributed by atoms with Gasteiger partial charge in [0.05, 0.1) is 18.6 Å². The molecular weight excluding hydrogens is 342 g/mol. The molecule has 9 heteroatoms. The number of nitro groups is 1. The van der Waals surface area contributed by atoms with Crippen LogP contribution in [0.25, 0.3) is 0 Å². The van der Waals surface area contributed by atoms with Crippen LogP contribution >= 0.6 is 0 Å². The van der Waals surface area contributed by atoms with E-state index in [0.717, 1.165) is 0 Å². The van der Waals surface area contributed by atoms with Crippen molar-refractivity contribution < 1.29 is 24.0 Å². The average molecular weight is 359 g/mol. The molecule has 0 spiro atoms. The van der Waals surface area contributed by atoms with E-state index in [1.54, 1.807) is 31.4 Å². The standard InChI is InChI=1S/C17H17N3O6/c1-25-12-6-8-13(9-7-12)26-11-10-18-16(21)17(22)19-14-4-2-3-5-15(14)20(23)24/h2-9H,10-11H2,1H3,(H,18,21)(H,19,22). The Morgan fingerprint density at radius 3 is 2.35 bits per heavy atom. The molecule has 0 saturated heterocycles. The van der Waals surface area contributed by atoms with Crippen molar-refractivity contribution in [1.82, 2.24) is 5.32 Å². The summed E-state index contributed by atoms with van der Waals surface area (Å²) in [6.07, 6.45) is 0. The van der Waals surface area contributed by atoms with Crippen molar-refractivity contribution in [1.29, 1.82) is 0 Å². The lowest BCUT2D eigenvalue weighted by molar-refractivity contribution is -0.383. The van der Waals surface area contributed by atoms with Crippen molar-refractivity contribution in [3.8, 4) is 11.5 Å². The number of benzene rings is 2. The fraction of sp³-hybridized carbons (Fsp3) is 0.176. The normalized spacial score (nSPS) is 9.88. The number of methoxy groups -OCH3 is 1. The molecule has 0 unspecified atom stereocenters. The summed E-state index contributed by atoms with van der Waals surface area (Å²) in [4.78, 5) is 33.8. The van der Waals surface area contributed by atoms with E-state index >= 15 is 0 Å². The molecule has 0 radical (unpaired) electrons. The quantitative estimate of drug-likeness (QED) is 0.336. The molecule has 2 aromatic carbocycles. The monoisotopic (exact) mass is 359 g/mol. The average Bonchev–Trinajstić information content (AvgIpc) is 2.65. The number of amides is 2. The van der Waals surface area contributed by atoms with Crippen LogP contribution in [0.3, 0.4) is 0 Å². The van der Waals surface area contributed by atoms with Crippen LogP contribution in [0.4, 0.5) is 11.4 Å². The highest BCUT2D eigenvalue weighted by atomic mass is 16.6. The molecule has 2 amide bonds. The van der Waals surface area contributed by atoms with E-state index in [-0.39, 0.29) is 24.5 Å². The summed E-state index contributed by atoms with van der Waals surface area (Å²) >= 11 is 0. The zero-order valence-corrected chi connectivity index (χ0v) is 13.9. The Bertz CT molecular complexity index is 791. The minimum Gasteiger partial charge on any atom is -0.497 e. The van der Waals surface area contributed by atoms with E-state index in [0.29, 0.717) is 11.5 Å². The minimum atomic E-state index is -0.997. The van der Waals surface area contributed by atoms with Gasteiger partial charge in [0.15, 0.2) is 0 Å². The maximum absolute atomic E-state index is 11.8. The molecule has 0 aliphatic carbocycles. The molecule has 2 rings (SSSR count). The van der Waals surface area contributed by atoms with Crippen LogP contribution in [0, 0.1) is 10.1 Å². The molecule has 0 saturated carbocycles. The summed E-state index contributed by atoms with van der Waals surface area (Å²) in [5, 5.41) is 15.5. The van der Waals surface area contributed by atoms with Gasteiger partial charge in [-0.2, -0.15) is 0 Å². The van der Waals surface area contributed by atoms with Gasteiger partial charge in [-0.05, 0) is 30.3 Å². The van der Waals surface area contributed by atoms with Crippen molar-refractivity contribution in [3.05, 3.63) is 58.6 Å². The minimum absolute atomic E-state index is 0.0490. The van der Waals surface area contributed by atoms with E-state index in [4.69, 9.17) is 9.47 Å². The second kappa shape index (κ2) is 9.02. The van der Waals surface area contributed by atoms with Crippen molar-refractivity contribution in [2.24, 2.45) is 0 Å². The fourth-order valence-corrected chi connectivity index (χ4v) is 2.00. The molecule has 0 aliphatic rings. The first-order chi connectivity index (χ1) is 12.5. The van der Waals surface area contributed by atoms with Gasteiger partial charge in [0, 0.05) is 6.07 Å². The zero-order chi connectivity index (χ0) is 18.9. The third-order valence-corrected chi connectivity index (χ3v) is 3.27. The number of hydrogen-bond donors (Lipinski definition) is 2. The number of carbonyl (C=O) groups excluding carboxylic acids is 2. The molecule has 0 aliphatic heterocycles. The first kappa shape index (κ1) is 18.7. The summed E-state index contributed by atoms with van der Waals surface area (Å²) in [6, 6.07) is 12.4. The first-order valence-corrected chi connectivity index (χ1v) is 7.60. The summed E-state index contributed by atoms with van der Waals surface area (Å²) in [7, 11) is 1.56. The van der Waals surface area contributed by atoms with Crippen LogP contribution in [0.5, 0.6) is 11.5 Å². The van der Waals surface area contributed by atoms with E-state index in [2.05, 4.69) is 10.6 Å². The van der Waals surface area contributed by atoms with E-state index < -0.39 is 16.7 Å². The molecule has 0 aromatic heterocycles. The van der Waals surface area contributed by atoms with Crippen molar-refractivity contribution in [2.75, 3.05) is 25.6 Å². The highest BCUT2D eigenvalue weighted by Gasteiger charge is 2.19. The smallest absolute Gasteiger partial charge is 0.313 e. The lowest BCUT2D eigenvalue weighted by atomic mass is 10.2. The summed E-state index contributed by atoms with van der Waals surface area (Å²) < 4.78 is 10.4. The van der Waals surface area contributed by atoms with Crippen LogP contribution in [-0.4, -0.2) is 37.0 Å². The molecule has 0 fully saturated rings. The van der Waals surface area contributed by atoms with E-state index in [9.17, 15) is 19.7 Å². The van der Waals surface area contributed by atoms with Gasteiger partial charge in [0.25, 0.3) is 5.69 Å². The number of anilines is 1. The van der Waals surface area contributed by atoms with E-state index in [1.807, 2.05) is 0 Å². The summed E-state index contributed by atoms with van der Waals surface area (Å²) in [5.74, 6) is -0.632. The predicted molar refractivity (Wildman–Crippen MR) is 93.2 cm³/mol. The Hall–Kier alpha value is -3.62. The molecule has 26 heavy (non-hydrogen) atoms. The number of ether oxygens (including phenoxy) is 2. The Morgan fingerprint density at radius 1 is 1.04 bits per heavy atom. The van der Waals surface area contributed by atoms with Gasteiger partial charge in [-0.25, -0.2) is 0 Å². The number of hydrogen-bond acceptors (Lipinski definition) is 6. The second-order valence-corrected chi connectivity index (χ2v) is 5.01. The lowest BCUT2D eigenvalue weighted by Gasteiger charge is -2.09. The van der Waals surface area contributed by atoms with Gasteiger partial charge < -0.3 is 20.1 Å². The molecule has 0 heterocycles. The second-order valence-electron chi connectivity index (χ2n) is 5.01. The van der Waals surface area contributed by atoms with Gasteiger partial charge in [-0.3, -0.25) is 19.7 Å². The summed E-state index contributed by atoms with van der Waals surface area (Å²) in [6.45, 7) is 0.242. The van der Waals surface area contributed by atoms with Crippen LogP contribution in [0.2, 0.25) is 0 Å². The van der Waals surface area contributed by atoms with Gasteiger partial charge in [-0.15, -0.1) is 0 Å². The number of nitrogens with one attached hydrogen (secondary N) is 2. The highest BCUT2D eigenvalue weighted by molar-refractivity contribution is 6.39. The molecule has 2 N–H and O–H groups in total.